The highest BCUT2D eigenvalue weighted by molar-refractivity contribution is 7.80. The van der Waals surface area contributed by atoms with Crippen LogP contribution in [0.4, 0.5) is 4.79 Å². The first-order valence-electron chi connectivity index (χ1n) is 13.9. The molecule has 2 aromatic carbocycles. The molecule has 220 valence electrons. The molecule has 5 N–H and O–H groups in total. The van der Waals surface area contributed by atoms with E-state index in [9.17, 15) is 24.4 Å². The maximum Gasteiger partial charge on any atom is 0.475 e. The lowest BCUT2D eigenvalue weighted by Crippen LogP contribution is -2.57. The van der Waals surface area contributed by atoms with Crippen molar-refractivity contribution in [3.05, 3.63) is 71.8 Å². The zero-order valence-corrected chi connectivity index (χ0v) is 24.3. The lowest BCUT2D eigenvalue weighted by atomic mass is 9.75. The first kappa shape index (κ1) is 32.0. The Balaban J connectivity index is 1.61. The first-order chi connectivity index (χ1) is 19.6. The van der Waals surface area contributed by atoms with Gasteiger partial charge in [0.1, 0.15) is 19.2 Å². The minimum Gasteiger partial charge on any atom is -0.445 e. The predicted molar refractivity (Wildman–Crippen MR) is 161 cm³/mol. The largest absolute Gasteiger partial charge is 0.475 e. The summed E-state index contributed by atoms with van der Waals surface area (Å²) in [6.45, 7) is 4.10. The fraction of sp³-hybridized carbons (Fsp3) is 0.448. The summed E-state index contributed by atoms with van der Waals surface area (Å²) in [5, 5.41) is 28.2. The lowest BCUT2D eigenvalue weighted by molar-refractivity contribution is -0.137. The number of carbonyl (C=O) groups excluding carboxylic acids is 3. The van der Waals surface area contributed by atoms with Crippen molar-refractivity contribution in [2.24, 2.45) is 5.92 Å². The first-order valence-corrected chi connectivity index (χ1v) is 14.3. The number of benzene rings is 2. The number of carbonyl (C=O) groups is 3. The molecule has 3 amide bonds. The van der Waals surface area contributed by atoms with Crippen LogP contribution in [0.25, 0.3) is 0 Å². The van der Waals surface area contributed by atoms with Gasteiger partial charge >= 0.3 is 13.2 Å². The molecule has 1 aliphatic heterocycles. The van der Waals surface area contributed by atoms with Crippen LogP contribution in [0.1, 0.15) is 44.2 Å². The zero-order valence-electron chi connectivity index (χ0n) is 23.5. The summed E-state index contributed by atoms with van der Waals surface area (Å²) in [6.07, 6.45) is 1.24. The van der Waals surface area contributed by atoms with Crippen molar-refractivity contribution in [1.82, 2.24) is 20.9 Å². The topological polar surface area (TPSA) is 140 Å². The summed E-state index contributed by atoms with van der Waals surface area (Å²) >= 11 is 5.64. The number of nitrogens with zero attached hydrogens (tertiary/aromatic N) is 1. The van der Waals surface area contributed by atoms with Crippen molar-refractivity contribution in [3.63, 3.8) is 0 Å². The van der Waals surface area contributed by atoms with Gasteiger partial charge in [-0.3, -0.25) is 9.59 Å². The van der Waals surface area contributed by atoms with Crippen LogP contribution in [-0.2, 0) is 27.4 Å². The molecule has 3 atom stereocenters. The van der Waals surface area contributed by atoms with E-state index in [-0.39, 0.29) is 35.9 Å². The van der Waals surface area contributed by atoms with Crippen molar-refractivity contribution in [3.8, 4) is 0 Å². The van der Waals surface area contributed by atoms with Crippen LogP contribution >= 0.6 is 12.2 Å². The molecular formula is C29H39BN4O6S. The Labute approximate surface area is 247 Å². The van der Waals surface area contributed by atoms with Crippen LogP contribution in [0, 0.1) is 5.92 Å². The van der Waals surface area contributed by atoms with Crippen molar-refractivity contribution in [1.29, 1.82) is 0 Å². The second kappa shape index (κ2) is 16.1. The lowest BCUT2D eigenvalue weighted by Gasteiger charge is -2.29. The van der Waals surface area contributed by atoms with Crippen molar-refractivity contribution >= 4 is 42.2 Å². The molecule has 10 nitrogen and oxygen atoms in total. The van der Waals surface area contributed by atoms with Gasteiger partial charge in [-0.15, -0.1) is 0 Å². The summed E-state index contributed by atoms with van der Waals surface area (Å²) in [7, 11) is -1.63. The number of amides is 3. The maximum absolute atomic E-state index is 13.5. The van der Waals surface area contributed by atoms with E-state index < -0.39 is 31.2 Å². The molecule has 1 saturated heterocycles. The Hall–Kier alpha value is -3.48. The van der Waals surface area contributed by atoms with E-state index in [1.54, 1.807) is 0 Å². The molecule has 41 heavy (non-hydrogen) atoms. The van der Waals surface area contributed by atoms with Gasteiger partial charge in [-0.25, -0.2) is 4.79 Å². The highest BCUT2D eigenvalue weighted by Crippen LogP contribution is 2.18. The fourth-order valence-electron chi connectivity index (χ4n) is 4.73. The Morgan fingerprint density at radius 3 is 2.27 bits per heavy atom. The van der Waals surface area contributed by atoms with Crippen LogP contribution in [0.2, 0.25) is 0 Å². The van der Waals surface area contributed by atoms with E-state index in [0.717, 1.165) is 11.1 Å². The normalized spacial score (nSPS) is 16.0. The number of hydrogen-bond acceptors (Lipinski definition) is 7. The van der Waals surface area contributed by atoms with Gasteiger partial charge in [-0.1, -0.05) is 86.7 Å². The molecule has 3 rings (SSSR count). The quantitative estimate of drug-likeness (QED) is 0.179. The van der Waals surface area contributed by atoms with Crippen LogP contribution in [0.3, 0.4) is 0 Å². The number of likely N-dealkylation sites (tertiary alicyclic amines) is 1. The SMILES string of the molecule is CC(C)C[C@H](NC(=S)[C@H](Cc1ccccc1)NC(=O)C1CCCN1C(=O)CNC(=O)OCc1ccccc1)B(O)O. The Morgan fingerprint density at radius 1 is 1.02 bits per heavy atom. The summed E-state index contributed by atoms with van der Waals surface area (Å²) in [6, 6.07) is 17.3. The molecule has 0 saturated carbocycles. The molecule has 1 unspecified atom stereocenters. The third-order valence-corrected chi connectivity index (χ3v) is 7.20. The summed E-state index contributed by atoms with van der Waals surface area (Å²) < 4.78 is 5.17. The molecule has 0 radical (unpaired) electrons. The minimum atomic E-state index is -1.63. The highest BCUT2D eigenvalue weighted by atomic mass is 32.1. The molecule has 0 aromatic heterocycles. The standard InChI is InChI=1S/C29H39BN4O6S/c1-20(2)16-25(30(38)39)33-28(41)23(17-21-10-5-3-6-11-21)32-27(36)24-14-9-15-34(24)26(35)18-31-29(37)40-19-22-12-7-4-8-13-22/h3-8,10-13,20,23-25,38-39H,9,14-19H2,1-2H3,(H,31,37)(H,32,36)(H,33,41)/t23-,24?,25-/m0/s1. The number of ether oxygens (including phenoxy) is 1. The molecule has 1 heterocycles. The number of nitrogens with one attached hydrogen (secondary N) is 3. The molecule has 0 spiro atoms. The minimum absolute atomic E-state index is 0.0810. The fourth-order valence-corrected chi connectivity index (χ4v) is 5.03. The predicted octanol–water partition coefficient (Wildman–Crippen LogP) is 1.98. The average molecular weight is 583 g/mol. The summed E-state index contributed by atoms with van der Waals surface area (Å²) in [5.41, 5.74) is 1.76. The van der Waals surface area contributed by atoms with Crippen LogP contribution < -0.4 is 16.0 Å². The molecule has 1 aliphatic rings. The van der Waals surface area contributed by atoms with E-state index in [0.29, 0.717) is 32.2 Å². The monoisotopic (exact) mass is 582 g/mol. The number of thiocarbonyl (C=S) groups is 1. The molecule has 2 aromatic rings. The molecule has 12 heteroatoms. The molecule has 0 aliphatic carbocycles. The maximum atomic E-state index is 13.5. The number of alkyl carbamates (subject to hydrolysis) is 1. The second-order valence-electron chi connectivity index (χ2n) is 10.6. The van der Waals surface area contributed by atoms with Crippen molar-refractivity contribution in [2.75, 3.05) is 13.1 Å². The van der Waals surface area contributed by atoms with Crippen LogP contribution in [0.5, 0.6) is 0 Å². The van der Waals surface area contributed by atoms with Gasteiger partial charge in [0.05, 0.1) is 17.0 Å². The van der Waals surface area contributed by atoms with Gasteiger partial charge in [0.25, 0.3) is 0 Å². The van der Waals surface area contributed by atoms with E-state index in [1.807, 2.05) is 74.5 Å². The number of rotatable bonds is 13. The van der Waals surface area contributed by atoms with Gasteiger partial charge in [0.2, 0.25) is 11.8 Å². The van der Waals surface area contributed by atoms with E-state index in [4.69, 9.17) is 17.0 Å². The summed E-state index contributed by atoms with van der Waals surface area (Å²) in [5.74, 6) is -1.27. The third-order valence-electron chi connectivity index (χ3n) is 6.80. The van der Waals surface area contributed by atoms with Gasteiger partial charge in [-0.2, -0.15) is 0 Å². The van der Waals surface area contributed by atoms with Gasteiger partial charge in [-0.05, 0) is 42.7 Å². The van der Waals surface area contributed by atoms with E-state index in [2.05, 4.69) is 16.0 Å². The number of hydrogen-bond donors (Lipinski definition) is 5. The van der Waals surface area contributed by atoms with Crippen molar-refractivity contribution < 1.29 is 29.2 Å². The van der Waals surface area contributed by atoms with Crippen LogP contribution in [-0.4, -0.2) is 76.1 Å². The van der Waals surface area contributed by atoms with Crippen molar-refractivity contribution in [2.45, 2.75) is 64.2 Å². The molecule has 1 fully saturated rings. The van der Waals surface area contributed by atoms with Crippen LogP contribution in [0.15, 0.2) is 60.7 Å². The molecule has 0 bridgehead atoms. The molecular weight excluding hydrogens is 543 g/mol. The van der Waals surface area contributed by atoms with Gasteiger partial charge in [0, 0.05) is 6.54 Å². The van der Waals surface area contributed by atoms with E-state index in [1.165, 1.54) is 4.90 Å². The smallest absolute Gasteiger partial charge is 0.445 e. The Morgan fingerprint density at radius 2 is 1.66 bits per heavy atom. The highest BCUT2D eigenvalue weighted by Gasteiger charge is 2.36. The zero-order chi connectivity index (χ0) is 29.8. The Bertz CT molecular complexity index is 1150. The van der Waals surface area contributed by atoms with Gasteiger partial charge in [0.15, 0.2) is 0 Å². The average Bonchev–Trinajstić information content (AvgIpc) is 3.45. The second-order valence-corrected chi connectivity index (χ2v) is 11.0. The summed E-state index contributed by atoms with van der Waals surface area (Å²) in [4.78, 5) is 40.3. The van der Waals surface area contributed by atoms with Gasteiger partial charge < -0.3 is 35.6 Å². The Kier molecular flexibility index (Phi) is 12.6. The third kappa shape index (κ3) is 10.5. The van der Waals surface area contributed by atoms with E-state index >= 15 is 0 Å².